The molecule has 1 aliphatic heterocycles. The summed E-state index contributed by atoms with van der Waals surface area (Å²) < 4.78 is 6.10. The monoisotopic (exact) mass is 258 g/mol. The van der Waals surface area contributed by atoms with E-state index >= 15 is 0 Å². The zero-order valence-corrected chi connectivity index (χ0v) is 10.3. The van der Waals surface area contributed by atoms with Crippen molar-refractivity contribution in [2.24, 2.45) is 17.8 Å². The maximum atomic E-state index is 12.3. The van der Waals surface area contributed by atoms with Gasteiger partial charge in [0.15, 0.2) is 5.78 Å². The van der Waals surface area contributed by atoms with Crippen molar-refractivity contribution in [2.75, 3.05) is 0 Å². The van der Waals surface area contributed by atoms with Crippen LogP contribution in [0.1, 0.15) is 29.6 Å². The van der Waals surface area contributed by atoms with Crippen LogP contribution in [0, 0.1) is 17.8 Å². The highest BCUT2D eigenvalue weighted by Crippen LogP contribution is 2.65. The Morgan fingerprint density at radius 2 is 2.16 bits per heavy atom. The summed E-state index contributed by atoms with van der Waals surface area (Å²) in [5, 5.41) is 9.19. The van der Waals surface area contributed by atoms with Crippen LogP contribution in [-0.2, 0) is 4.79 Å². The molecule has 1 N–H and O–H groups in total. The van der Waals surface area contributed by atoms with E-state index in [-0.39, 0.29) is 23.5 Å². The minimum Gasteiger partial charge on any atom is -0.486 e. The molecule has 3 aliphatic rings. The number of Topliss-reactive ketones (excluding diaryl/α,β-unsaturated/α-hetero) is 1. The summed E-state index contributed by atoms with van der Waals surface area (Å²) in [5.74, 6) is -0.136. The third kappa shape index (κ3) is 1.34. The van der Waals surface area contributed by atoms with E-state index in [1.165, 1.54) is 0 Å². The van der Waals surface area contributed by atoms with Crippen LogP contribution in [0.5, 0.6) is 5.75 Å². The first-order valence-electron chi connectivity index (χ1n) is 6.66. The topological polar surface area (TPSA) is 63.6 Å². The Hall–Kier alpha value is -1.84. The van der Waals surface area contributed by atoms with Gasteiger partial charge in [-0.15, -0.1) is 0 Å². The molecule has 2 fully saturated rings. The lowest BCUT2D eigenvalue weighted by Gasteiger charge is -2.36. The van der Waals surface area contributed by atoms with Crippen LogP contribution in [0.3, 0.4) is 0 Å². The predicted molar refractivity (Wildman–Crippen MR) is 66.1 cm³/mol. The molecule has 4 heteroatoms. The van der Waals surface area contributed by atoms with Gasteiger partial charge < -0.3 is 9.84 Å². The third-order valence-electron chi connectivity index (χ3n) is 4.92. The highest BCUT2D eigenvalue weighted by molar-refractivity contribution is 6.00. The van der Waals surface area contributed by atoms with Gasteiger partial charge in [-0.3, -0.25) is 9.59 Å². The molecule has 0 unspecified atom stereocenters. The van der Waals surface area contributed by atoms with Crippen molar-refractivity contribution >= 4 is 11.8 Å². The van der Waals surface area contributed by atoms with E-state index in [9.17, 15) is 14.7 Å². The maximum Gasteiger partial charge on any atom is 0.307 e. The van der Waals surface area contributed by atoms with Gasteiger partial charge in [0.1, 0.15) is 11.4 Å². The average molecular weight is 258 g/mol. The summed E-state index contributed by atoms with van der Waals surface area (Å²) in [5.41, 5.74) is 0.0724. The lowest BCUT2D eigenvalue weighted by molar-refractivity contribution is -0.140. The van der Waals surface area contributed by atoms with Crippen LogP contribution >= 0.6 is 0 Å². The molecule has 1 spiro atoms. The number of carboxylic acid groups (broad SMARTS) is 1. The standard InChI is InChI=1S/C15H14O4/c16-10-7-15(19-11-4-2-1-3-8(10)11)6-5-9-12(13(9)15)14(17)18/h1-4,9,12-13H,5-7H2,(H,17,18)/t9-,12+,13-,15+/m1/s1. The number of carbonyl (C=O) groups is 2. The van der Waals surface area contributed by atoms with Crippen molar-refractivity contribution in [2.45, 2.75) is 24.9 Å². The predicted octanol–water partition coefficient (Wildman–Crippen LogP) is 2.13. The second kappa shape index (κ2) is 3.38. The minimum absolute atomic E-state index is 0.0160. The zero-order chi connectivity index (χ0) is 13.2. The lowest BCUT2D eigenvalue weighted by Crippen LogP contribution is -2.43. The van der Waals surface area contributed by atoms with Gasteiger partial charge in [-0.05, 0) is 30.9 Å². The normalized spacial score (nSPS) is 38.5. The first kappa shape index (κ1) is 11.0. The van der Waals surface area contributed by atoms with Gasteiger partial charge in [-0.25, -0.2) is 0 Å². The number of hydrogen-bond donors (Lipinski definition) is 1. The van der Waals surface area contributed by atoms with E-state index in [4.69, 9.17) is 4.74 Å². The molecule has 4 atom stereocenters. The smallest absolute Gasteiger partial charge is 0.307 e. The van der Waals surface area contributed by atoms with E-state index in [1.54, 1.807) is 12.1 Å². The number of aliphatic carboxylic acids is 1. The van der Waals surface area contributed by atoms with Gasteiger partial charge in [-0.2, -0.15) is 0 Å². The molecule has 0 saturated heterocycles. The van der Waals surface area contributed by atoms with Crippen LogP contribution in [0.2, 0.25) is 0 Å². The van der Waals surface area contributed by atoms with Crippen molar-refractivity contribution in [3.63, 3.8) is 0 Å². The Balaban J connectivity index is 1.72. The number of rotatable bonds is 1. The summed E-state index contributed by atoms with van der Waals surface area (Å²) in [6, 6.07) is 7.25. The number of benzene rings is 1. The molecule has 2 aliphatic carbocycles. The first-order valence-corrected chi connectivity index (χ1v) is 6.66. The molecule has 0 bridgehead atoms. The molecule has 0 radical (unpaired) electrons. The number of ketones is 1. The van der Waals surface area contributed by atoms with E-state index in [0.717, 1.165) is 12.8 Å². The lowest BCUT2D eigenvalue weighted by atomic mass is 9.84. The van der Waals surface area contributed by atoms with Gasteiger partial charge in [0, 0.05) is 5.92 Å². The van der Waals surface area contributed by atoms with Crippen molar-refractivity contribution < 1.29 is 19.4 Å². The van der Waals surface area contributed by atoms with E-state index in [1.807, 2.05) is 12.1 Å². The second-order valence-corrected chi connectivity index (χ2v) is 5.86. The molecular formula is C15H14O4. The number of fused-ring (bicyclic) bond motifs is 3. The Kier molecular flexibility index (Phi) is 1.96. The van der Waals surface area contributed by atoms with Crippen LogP contribution in [-0.4, -0.2) is 22.5 Å². The molecule has 4 rings (SSSR count). The Morgan fingerprint density at radius 1 is 1.37 bits per heavy atom. The van der Waals surface area contributed by atoms with Gasteiger partial charge >= 0.3 is 5.97 Å². The quantitative estimate of drug-likeness (QED) is 0.838. The molecular weight excluding hydrogens is 244 g/mol. The molecule has 4 nitrogen and oxygen atoms in total. The summed E-state index contributed by atoms with van der Waals surface area (Å²) in [7, 11) is 0. The second-order valence-electron chi connectivity index (χ2n) is 5.86. The van der Waals surface area contributed by atoms with Crippen LogP contribution in [0.25, 0.3) is 0 Å². The molecule has 0 amide bonds. The largest absolute Gasteiger partial charge is 0.486 e. The summed E-state index contributed by atoms with van der Waals surface area (Å²) >= 11 is 0. The summed E-state index contributed by atoms with van der Waals surface area (Å²) in [6.07, 6.45) is 1.98. The SMILES string of the molecule is O=C1C[C@]2(CC[C@@H]3[C@H](C(=O)O)[C@@H]32)Oc2ccccc21. The fourth-order valence-corrected chi connectivity index (χ4v) is 4.10. The van der Waals surface area contributed by atoms with Crippen molar-refractivity contribution in [1.82, 2.24) is 0 Å². The first-order chi connectivity index (χ1) is 9.12. The summed E-state index contributed by atoms with van der Waals surface area (Å²) in [4.78, 5) is 23.4. The van der Waals surface area contributed by atoms with E-state index < -0.39 is 11.6 Å². The van der Waals surface area contributed by atoms with Crippen molar-refractivity contribution in [3.8, 4) is 5.75 Å². The third-order valence-corrected chi connectivity index (χ3v) is 4.92. The van der Waals surface area contributed by atoms with E-state index in [0.29, 0.717) is 17.7 Å². The van der Waals surface area contributed by atoms with Crippen LogP contribution in [0.4, 0.5) is 0 Å². The van der Waals surface area contributed by atoms with Crippen LogP contribution in [0.15, 0.2) is 24.3 Å². The molecule has 1 aromatic carbocycles. The van der Waals surface area contributed by atoms with Crippen LogP contribution < -0.4 is 4.74 Å². The number of para-hydroxylation sites is 1. The Morgan fingerprint density at radius 3 is 2.89 bits per heavy atom. The maximum absolute atomic E-state index is 12.3. The molecule has 1 heterocycles. The van der Waals surface area contributed by atoms with Gasteiger partial charge in [0.2, 0.25) is 0 Å². The van der Waals surface area contributed by atoms with Gasteiger partial charge in [0.25, 0.3) is 0 Å². The molecule has 98 valence electrons. The Bertz CT molecular complexity index is 594. The summed E-state index contributed by atoms with van der Waals surface area (Å²) in [6.45, 7) is 0. The number of carbonyl (C=O) groups excluding carboxylic acids is 1. The van der Waals surface area contributed by atoms with Crippen molar-refractivity contribution in [3.05, 3.63) is 29.8 Å². The average Bonchev–Trinajstić information content (AvgIpc) is 3.04. The molecule has 0 aromatic heterocycles. The zero-order valence-electron chi connectivity index (χ0n) is 10.3. The van der Waals surface area contributed by atoms with Gasteiger partial charge in [-0.1, -0.05) is 12.1 Å². The number of carboxylic acids is 1. The highest BCUT2D eigenvalue weighted by atomic mass is 16.5. The fourth-order valence-electron chi connectivity index (χ4n) is 4.10. The van der Waals surface area contributed by atoms with E-state index in [2.05, 4.69) is 0 Å². The van der Waals surface area contributed by atoms with Crippen molar-refractivity contribution in [1.29, 1.82) is 0 Å². The van der Waals surface area contributed by atoms with Gasteiger partial charge in [0.05, 0.1) is 17.9 Å². The molecule has 1 aromatic rings. The fraction of sp³-hybridized carbons (Fsp3) is 0.467. The molecule has 19 heavy (non-hydrogen) atoms. The Labute approximate surface area is 110 Å². The number of hydrogen-bond acceptors (Lipinski definition) is 3. The highest BCUT2D eigenvalue weighted by Gasteiger charge is 2.70. The molecule has 2 saturated carbocycles. The number of ether oxygens (including phenoxy) is 1. The minimum atomic E-state index is -0.746.